The third-order valence-electron chi connectivity index (χ3n) is 2.56. The molecule has 80 valence electrons. The van der Waals surface area contributed by atoms with Crippen LogP contribution in [0.15, 0.2) is 17.9 Å². The second-order valence-electron chi connectivity index (χ2n) is 3.96. The van der Waals surface area contributed by atoms with Crippen molar-refractivity contribution in [1.29, 1.82) is 0 Å². The summed E-state index contributed by atoms with van der Waals surface area (Å²) >= 11 is 0. The molecule has 0 radical (unpaired) electrons. The van der Waals surface area contributed by atoms with E-state index in [1.54, 1.807) is 0 Å². The Balaban J connectivity index is 4.61. The molecule has 0 aliphatic rings. The van der Waals surface area contributed by atoms with Crippen LogP contribution in [0.4, 0.5) is 0 Å². The van der Waals surface area contributed by atoms with Gasteiger partial charge in [0, 0.05) is 12.0 Å². The highest BCUT2D eigenvalue weighted by Gasteiger charge is 2.23. The molecule has 0 saturated heterocycles. The van der Waals surface area contributed by atoms with E-state index in [-0.39, 0.29) is 0 Å². The lowest BCUT2D eigenvalue weighted by molar-refractivity contribution is -0.113. The van der Waals surface area contributed by atoms with Gasteiger partial charge >= 0.3 is 0 Å². The van der Waals surface area contributed by atoms with Crippen molar-refractivity contribution in [2.75, 3.05) is 19.6 Å². The molecule has 0 atom stereocenters. The van der Waals surface area contributed by atoms with Crippen molar-refractivity contribution in [2.45, 2.75) is 27.7 Å². The molecule has 0 rings (SSSR count). The maximum atomic E-state index is 10.9. The van der Waals surface area contributed by atoms with Gasteiger partial charge in [-0.1, -0.05) is 20.4 Å². The van der Waals surface area contributed by atoms with Gasteiger partial charge in [-0.3, -0.25) is 4.90 Å². The second-order valence-corrected chi connectivity index (χ2v) is 3.96. The van der Waals surface area contributed by atoms with Crippen LogP contribution in [0.3, 0.4) is 0 Å². The van der Waals surface area contributed by atoms with E-state index in [1.165, 1.54) is 0 Å². The highest BCUT2D eigenvalue weighted by molar-refractivity contribution is 5.63. The largest absolute Gasteiger partial charge is 0.302 e. The summed E-state index contributed by atoms with van der Waals surface area (Å²) in [7, 11) is 0. The number of rotatable bonds is 6. The van der Waals surface area contributed by atoms with Gasteiger partial charge in [0.25, 0.3) is 0 Å². The zero-order chi connectivity index (χ0) is 11.2. The van der Waals surface area contributed by atoms with Crippen LogP contribution < -0.4 is 0 Å². The minimum Gasteiger partial charge on any atom is -0.302 e. The minimum atomic E-state index is -0.440. The smallest absolute Gasteiger partial charge is 0.130 e. The number of nitrogens with zero attached hydrogens (tertiary/aromatic N) is 1. The molecule has 0 unspecified atom stereocenters. The lowest BCUT2D eigenvalue weighted by atomic mass is 9.86. The molecule has 2 heteroatoms. The van der Waals surface area contributed by atoms with Gasteiger partial charge in [0.2, 0.25) is 0 Å². The Morgan fingerprint density at radius 1 is 1.43 bits per heavy atom. The average molecular weight is 195 g/mol. The van der Waals surface area contributed by atoms with Crippen LogP contribution >= 0.6 is 0 Å². The van der Waals surface area contributed by atoms with Crippen molar-refractivity contribution >= 4 is 6.29 Å². The Bertz CT molecular complexity index is 233. The fraction of sp³-hybridized carbons (Fsp3) is 0.667. The van der Waals surface area contributed by atoms with Crippen LogP contribution in [-0.4, -0.2) is 30.8 Å². The topological polar surface area (TPSA) is 20.3 Å². The second kappa shape index (κ2) is 5.79. The molecule has 0 aliphatic heterocycles. The summed E-state index contributed by atoms with van der Waals surface area (Å²) in [5, 5.41) is 0. The molecule has 0 bridgehead atoms. The minimum absolute atomic E-state index is 0.440. The van der Waals surface area contributed by atoms with E-state index in [2.05, 4.69) is 31.1 Å². The van der Waals surface area contributed by atoms with Crippen molar-refractivity contribution < 1.29 is 4.79 Å². The van der Waals surface area contributed by atoms with E-state index >= 15 is 0 Å². The molecule has 0 aromatic carbocycles. The van der Waals surface area contributed by atoms with Gasteiger partial charge in [0.05, 0.1) is 0 Å². The normalized spacial score (nSPS) is 11.2. The zero-order valence-electron chi connectivity index (χ0n) is 9.76. The third-order valence-corrected chi connectivity index (χ3v) is 2.56. The maximum absolute atomic E-state index is 10.9. The van der Waals surface area contributed by atoms with Gasteiger partial charge in [-0.05, 0) is 32.5 Å². The summed E-state index contributed by atoms with van der Waals surface area (Å²) in [6, 6.07) is 0. The predicted octanol–water partition coefficient (Wildman–Crippen LogP) is 2.26. The van der Waals surface area contributed by atoms with Gasteiger partial charge in [0.1, 0.15) is 6.29 Å². The number of aldehydes is 1. The van der Waals surface area contributed by atoms with Crippen LogP contribution in [0.25, 0.3) is 0 Å². The van der Waals surface area contributed by atoms with Crippen LogP contribution in [0.2, 0.25) is 0 Å². The number of hydrogen-bond donors (Lipinski definition) is 0. The van der Waals surface area contributed by atoms with Crippen molar-refractivity contribution in [3.8, 4) is 0 Å². The fourth-order valence-corrected chi connectivity index (χ4v) is 1.23. The number of carbonyl (C=O) groups is 1. The lowest BCUT2D eigenvalue weighted by Gasteiger charge is -2.25. The van der Waals surface area contributed by atoms with Gasteiger partial charge in [-0.25, -0.2) is 0 Å². The highest BCUT2D eigenvalue weighted by Crippen LogP contribution is 2.23. The Hall–Kier alpha value is -0.850. The van der Waals surface area contributed by atoms with E-state index in [1.807, 2.05) is 13.8 Å². The summed E-state index contributed by atoms with van der Waals surface area (Å²) in [6.45, 7) is 14.4. The summed E-state index contributed by atoms with van der Waals surface area (Å²) < 4.78 is 0. The summed E-state index contributed by atoms with van der Waals surface area (Å²) in [5.41, 5.74) is 3.41. The van der Waals surface area contributed by atoms with Gasteiger partial charge in [0.15, 0.2) is 0 Å². The third kappa shape index (κ3) is 3.49. The number of hydrogen-bond acceptors (Lipinski definition) is 2. The molecule has 0 aliphatic carbocycles. The molecule has 0 fully saturated rings. The first-order chi connectivity index (χ1) is 6.51. The zero-order valence-corrected chi connectivity index (χ0v) is 9.76. The van der Waals surface area contributed by atoms with Crippen LogP contribution in [-0.2, 0) is 4.79 Å². The first-order valence-corrected chi connectivity index (χ1v) is 5.09. The Morgan fingerprint density at radius 3 is 2.21 bits per heavy atom. The van der Waals surface area contributed by atoms with Crippen LogP contribution in [0, 0.1) is 5.41 Å². The quantitative estimate of drug-likeness (QED) is 0.478. The molecule has 0 spiro atoms. The van der Waals surface area contributed by atoms with E-state index in [0.717, 1.165) is 31.5 Å². The lowest BCUT2D eigenvalue weighted by Crippen LogP contribution is -2.30. The van der Waals surface area contributed by atoms with E-state index in [9.17, 15) is 4.79 Å². The van der Waals surface area contributed by atoms with Crippen molar-refractivity contribution in [1.82, 2.24) is 4.90 Å². The molecule has 0 amide bonds. The highest BCUT2D eigenvalue weighted by atomic mass is 16.1. The molecule has 0 aromatic rings. The Kier molecular flexibility index (Phi) is 5.44. The van der Waals surface area contributed by atoms with Crippen molar-refractivity contribution in [3.05, 3.63) is 17.9 Å². The first kappa shape index (κ1) is 13.2. The van der Waals surface area contributed by atoms with Gasteiger partial charge in [-0.2, -0.15) is 0 Å². The number of carbonyl (C=O) groups excluding carboxylic acids is 1. The number of likely N-dealkylation sites (N-methyl/N-ethyl adjacent to an activating group) is 1. The van der Waals surface area contributed by atoms with E-state index in [4.69, 9.17) is 0 Å². The van der Waals surface area contributed by atoms with Crippen LogP contribution in [0.1, 0.15) is 27.7 Å². The van der Waals surface area contributed by atoms with E-state index in [0.29, 0.717) is 0 Å². The van der Waals surface area contributed by atoms with Crippen LogP contribution in [0.5, 0.6) is 0 Å². The Labute approximate surface area is 87.3 Å². The molecule has 14 heavy (non-hydrogen) atoms. The Morgan fingerprint density at radius 2 is 1.93 bits per heavy atom. The summed E-state index contributed by atoms with van der Waals surface area (Å²) in [6.07, 6.45) is 0.962. The summed E-state index contributed by atoms with van der Waals surface area (Å²) in [5.74, 6) is 0. The fourth-order valence-electron chi connectivity index (χ4n) is 1.23. The SMILES string of the molecule is C=C=C(CN(CC)CC)C(C)(C)C=O. The molecule has 0 saturated carbocycles. The molecule has 2 nitrogen and oxygen atoms in total. The van der Waals surface area contributed by atoms with Crippen molar-refractivity contribution in [3.63, 3.8) is 0 Å². The van der Waals surface area contributed by atoms with Gasteiger partial charge in [-0.15, -0.1) is 5.73 Å². The summed E-state index contributed by atoms with van der Waals surface area (Å²) in [4.78, 5) is 13.1. The monoisotopic (exact) mass is 195 g/mol. The predicted molar refractivity (Wildman–Crippen MR) is 60.3 cm³/mol. The standard InChI is InChI=1S/C12H21NO/c1-6-11(12(4,5)10-14)9-13(7-2)8-3/h10H,1,7-9H2,2-5H3. The average Bonchev–Trinajstić information content (AvgIpc) is 2.19. The van der Waals surface area contributed by atoms with Gasteiger partial charge < -0.3 is 4.79 Å². The molecule has 0 aromatic heterocycles. The maximum Gasteiger partial charge on any atom is 0.130 e. The molecular weight excluding hydrogens is 174 g/mol. The van der Waals surface area contributed by atoms with Crippen molar-refractivity contribution in [2.24, 2.45) is 5.41 Å². The first-order valence-electron chi connectivity index (χ1n) is 5.09. The molecule has 0 heterocycles. The molecule has 0 N–H and O–H groups in total. The molecular formula is C12H21NO. The van der Waals surface area contributed by atoms with E-state index < -0.39 is 5.41 Å².